The van der Waals surface area contributed by atoms with Crippen molar-refractivity contribution >= 4 is 5.97 Å². The molecule has 2 aliphatic carbocycles. The highest BCUT2D eigenvalue weighted by Gasteiger charge is 2.61. The maximum absolute atomic E-state index is 11.8. The number of carbonyl (C=O) groups excluding carboxylic acids is 1. The lowest BCUT2D eigenvalue weighted by Gasteiger charge is -2.56. The number of ether oxygens (including phenoxy) is 2. The van der Waals surface area contributed by atoms with E-state index in [1.165, 1.54) is 0 Å². The van der Waals surface area contributed by atoms with Gasteiger partial charge in [0.25, 0.3) is 0 Å². The third-order valence-electron chi connectivity index (χ3n) is 5.74. The minimum Gasteiger partial charge on any atom is -0.423 e. The van der Waals surface area contributed by atoms with Crippen LogP contribution in [-0.2, 0) is 14.3 Å². The Labute approximate surface area is 119 Å². The van der Waals surface area contributed by atoms with Gasteiger partial charge in [0.15, 0.2) is 0 Å². The number of fused-ring (bicyclic) bond motifs is 2. The fourth-order valence-electron chi connectivity index (χ4n) is 4.23. The summed E-state index contributed by atoms with van der Waals surface area (Å²) in [4.78, 5) is 11.8. The topological polar surface area (TPSA) is 55.8 Å². The van der Waals surface area contributed by atoms with Crippen LogP contribution in [0.15, 0.2) is 23.0 Å². The summed E-state index contributed by atoms with van der Waals surface area (Å²) in [6.07, 6.45) is 4.15. The summed E-state index contributed by atoms with van der Waals surface area (Å²) in [5, 5.41) is 11.2. The Hall–Kier alpha value is -1.13. The molecule has 1 N–H and O–H groups in total. The highest BCUT2D eigenvalue weighted by molar-refractivity contribution is 5.94. The van der Waals surface area contributed by atoms with Gasteiger partial charge in [-0.1, -0.05) is 13.8 Å². The number of esters is 1. The third-order valence-corrected chi connectivity index (χ3v) is 5.74. The molecule has 0 amide bonds. The van der Waals surface area contributed by atoms with Crippen LogP contribution in [0.4, 0.5) is 0 Å². The Kier molecular flexibility index (Phi) is 2.89. The highest BCUT2D eigenvalue weighted by Crippen LogP contribution is 2.58. The van der Waals surface area contributed by atoms with Gasteiger partial charge < -0.3 is 14.6 Å². The van der Waals surface area contributed by atoms with E-state index in [1.54, 1.807) is 20.1 Å². The van der Waals surface area contributed by atoms with Gasteiger partial charge in [-0.05, 0) is 38.2 Å². The van der Waals surface area contributed by atoms with Crippen molar-refractivity contribution in [1.29, 1.82) is 0 Å². The molecule has 0 aromatic rings. The molecule has 0 radical (unpaired) electrons. The first-order valence-corrected chi connectivity index (χ1v) is 7.26. The van der Waals surface area contributed by atoms with Crippen LogP contribution in [0.5, 0.6) is 0 Å². The molecule has 0 saturated heterocycles. The van der Waals surface area contributed by atoms with Crippen LogP contribution in [0.25, 0.3) is 0 Å². The Morgan fingerprint density at radius 1 is 1.50 bits per heavy atom. The summed E-state index contributed by atoms with van der Waals surface area (Å²) < 4.78 is 11.1. The fourth-order valence-corrected chi connectivity index (χ4v) is 4.23. The van der Waals surface area contributed by atoms with Crippen LogP contribution < -0.4 is 0 Å². The molecule has 0 spiro atoms. The average molecular weight is 278 g/mol. The molecule has 4 heteroatoms. The lowest BCUT2D eigenvalue weighted by molar-refractivity contribution is -0.163. The van der Waals surface area contributed by atoms with Crippen molar-refractivity contribution in [2.45, 2.75) is 51.7 Å². The van der Waals surface area contributed by atoms with E-state index in [0.29, 0.717) is 23.7 Å². The zero-order chi connectivity index (χ0) is 14.7. The van der Waals surface area contributed by atoms with Crippen molar-refractivity contribution in [1.82, 2.24) is 0 Å². The normalized spacial score (nSPS) is 43.9. The van der Waals surface area contributed by atoms with E-state index in [9.17, 15) is 9.90 Å². The second-order valence-corrected chi connectivity index (χ2v) is 6.55. The first-order chi connectivity index (χ1) is 9.35. The quantitative estimate of drug-likeness (QED) is 0.748. The molecule has 1 aliphatic heterocycles. The molecule has 3 aliphatic rings. The zero-order valence-corrected chi connectivity index (χ0v) is 12.5. The second-order valence-electron chi connectivity index (χ2n) is 6.55. The van der Waals surface area contributed by atoms with Crippen molar-refractivity contribution in [3.63, 3.8) is 0 Å². The van der Waals surface area contributed by atoms with Gasteiger partial charge in [0.2, 0.25) is 0 Å². The van der Waals surface area contributed by atoms with E-state index >= 15 is 0 Å². The van der Waals surface area contributed by atoms with Gasteiger partial charge in [-0.15, -0.1) is 0 Å². The summed E-state index contributed by atoms with van der Waals surface area (Å²) in [6, 6.07) is 0. The molecule has 0 aromatic heterocycles. The van der Waals surface area contributed by atoms with Crippen molar-refractivity contribution in [3.8, 4) is 0 Å². The van der Waals surface area contributed by atoms with E-state index in [-0.39, 0.29) is 12.1 Å². The lowest BCUT2D eigenvalue weighted by atomic mass is 9.52. The first kappa shape index (κ1) is 13.8. The predicted molar refractivity (Wildman–Crippen MR) is 73.7 cm³/mol. The largest absolute Gasteiger partial charge is 0.423 e. The van der Waals surface area contributed by atoms with Crippen LogP contribution in [0.1, 0.15) is 40.0 Å². The lowest BCUT2D eigenvalue weighted by Crippen LogP contribution is -2.61. The first-order valence-electron chi connectivity index (χ1n) is 7.26. The Morgan fingerprint density at radius 2 is 2.20 bits per heavy atom. The minimum atomic E-state index is -0.977. The Bertz CT molecular complexity index is 533. The van der Waals surface area contributed by atoms with Crippen LogP contribution in [0.3, 0.4) is 0 Å². The van der Waals surface area contributed by atoms with E-state index in [1.807, 2.05) is 0 Å². The standard InChI is InChI=1S/C16H22O4/c1-9-6-5-7-16(18)8-11-12(10(2)14(17)20-11)13(19-4)15(9,16)3/h8-9,13,18H,5-7H2,1-4H3/t9-,13+,15-,16-/m0/s1. The van der Waals surface area contributed by atoms with Gasteiger partial charge in [0.05, 0.1) is 11.7 Å². The van der Waals surface area contributed by atoms with Gasteiger partial charge in [-0.3, -0.25) is 0 Å². The molecular formula is C16H22O4. The maximum Gasteiger partial charge on any atom is 0.339 e. The molecule has 0 aromatic carbocycles. The van der Waals surface area contributed by atoms with Crippen molar-refractivity contribution in [2.24, 2.45) is 11.3 Å². The molecule has 3 rings (SSSR count). The smallest absolute Gasteiger partial charge is 0.339 e. The molecule has 0 unspecified atom stereocenters. The Morgan fingerprint density at radius 3 is 2.85 bits per heavy atom. The summed E-state index contributed by atoms with van der Waals surface area (Å²) in [5.74, 6) is 0.472. The molecule has 0 bridgehead atoms. The second kappa shape index (κ2) is 4.18. The summed E-state index contributed by atoms with van der Waals surface area (Å²) in [7, 11) is 1.64. The van der Waals surface area contributed by atoms with E-state index in [0.717, 1.165) is 18.4 Å². The highest BCUT2D eigenvalue weighted by atomic mass is 16.5. The van der Waals surface area contributed by atoms with Gasteiger partial charge >= 0.3 is 5.97 Å². The van der Waals surface area contributed by atoms with E-state index < -0.39 is 11.0 Å². The number of aliphatic hydroxyl groups is 1. The predicted octanol–water partition coefficient (Wildman–Crippen LogP) is 2.33. The summed E-state index contributed by atoms with van der Waals surface area (Å²) >= 11 is 0. The van der Waals surface area contributed by atoms with Crippen molar-refractivity contribution in [2.75, 3.05) is 7.11 Å². The van der Waals surface area contributed by atoms with E-state index in [4.69, 9.17) is 9.47 Å². The average Bonchev–Trinajstić information content (AvgIpc) is 2.65. The fraction of sp³-hybridized carbons (Fsp3) is 0.688. The minimum absolute atomic E-state index is 0.306. The van der Waals surface area contributed by atoms with Gasteiger partial charge in [-0.2, -0.15) is 0 Å². The van der Waals surface area contributed by atoms with Crippen molar-refractivity contribution < 1.29 is 19.4 Å². The Balaban J connectivity index is 2.24. The van der Waals surface area contributed by atoms with Crippen LogP contribution in [0.2, 0.25) is 0 Å². The van der Waals surface area contributed by atoms with Crippen molar-refractivity contribution in [3.05, 3.63) is 23.0 Å². The monoisotopic (exact) mass is 278 g/mol. The molecule has 4 atom stereocenters. The SMILES string of the molecule is CO[C@@H]1C2=C(C)C(=O)OC2=C[C@@]2(O)CCC[C@H](C)[C@@]12C. The molecule has 1 heterocycles. The number of hydrogen-bond acceptors (Lipinski definition) is 4. The summed E-state index contributed by atoms with van der Waals surface area (Å²) in [6.45, 7) is 6.00. The number of hydrogen-bond donors (Lipinski definition) is 1. The van der Waals surface area contributed by atoms with Gasteiger partial charge in [0.1, 0.15) is 5.76 Å². The summed E-state index contributed by atoms with van der Waals surface area (Å²) in [5.41, 5.74) is 0.00551. The van der Waals surface area contributed by atoms with Crippen LogP contribution in [-0.4, -0.2) is 29.9 Å². The van der Waals surface area contributed by atoms with Gasteiger partial charge in [0, 0.05) is 23.7 Å². The molecule has 4 nitrogen and oxygen atoms in total. The van der Waals surface area contributed by atoms with Crippen LogP contribution >= 0.6 is 0 Å². The molecule has 1 fully saturated rings. The number of rotatable bonds is 1. The third kappa shape index (κ3) is 1.46. The zero-order valence-electron chi connectivity index (χ0n) is 12.5. The molecule has 20 heavy (non-hydrogen) atoms. The molecular weight excluding hydrogens is 256 g/mol. The number of carbonyl (C=O) groups is 1. The molecule has 110 valence electrons. The van der Waals surface area contributed by atoms with Gasteiger partial charge in [-0.25, -0.2) is 4.79 Å². The van der Waals surface area contributed by atoms with E-state index in [2.05, 4.69) is 13.8 Å². The number of methoxy groups -OCH3 is 1. The molecule has 1 saturated carbocycles. The maximum atomic E-state index is 11.8. The van der Waals surface area contributed by atoms with Crippen LogP contribution in [0, 0.1) is 11.3 Å².